The van der Waals surface area contributed by atoms with E-state index in [1.165, 1.54) is 0 Å². The first-order valence-electron chi connectivity index (χ1n) is 11.3. The normalized spacial score (nSPS) is 29.8. The third kappa shape index (κ3) is 6.09. The van der Waals surface area contributed by atoms with Crippen LogP contribution in [0.15, 0.2) is 60.7 Å². The fourth-order valence-corrected chi connectivity index (χ4v) is 4.58. The van der Waals surface area contributed by atoms with Gasteiger partial charge in [0.2, 0.25) is 0 Å². The molecule has 33 heavy (non-hydrogen) atoms. The molecule has 7 nitrogen and oxygen atoms in total. The fraction of sp³-hybridized carbons (Fsp3) is 0.480. The number of carbonyl (C=O) groups excluding carboxylic acids is 1. The van der Waals surface area contributed by atoms with Gasteiger partial charge < -0.3 is 28.8 Å². The molecule has 2 aliphatic rings. The summed E-state index contributed by atoms with van der Waals surface area (Å²) in [6.45, 7) is 7.44. The van der Waals surface area contributed by atoms with Crippen molar-refractivity contribution >= 4 is 14.0 Å². The molecular weight excluding hydrogens is 440 g/mol. The predicted molar refractivity (Wildman–Crippen MR) is 124 cm³/mol. The van der Waals surface area contributed by atoms with Crippen molar-refractivity contribution in [3.05, 3.63) is 71.8 Å². The molecular formula is C25H32O7Si. The molecule has 2 saturated heterocycles. The SMILES string of the molecule is C[Si](C)(C)CCO[C@@H]1O[C@@H]2CO[C@H](c3ccccc3)O[C@@H]2[C@H](O)[C@H]1OC(=O)c1ccccc1. The van der Waals surface area contributed by atoms with Crippen molar-refractivity contribution in [3.63, 3.8) is 0 Å². The van der Waals surface area contributed by atoms with Crippen LogP contribution in [-0.4, -0.2) is 63.1 Å². The first-order chi connectivity index (χ1) is 15.8. The molecule has 0 saturated carbocycles. The van der Waals surface area contributed by atoms with Crippen molar-refractivity contribution in [3.8, 4) is 0 Å². The first kappa shape index (κ1) is 24.1. The molecule has 2 aromatic rings. The number of esters is 1. The van der Waals surface area contributed by atoms with E-state index in [4.69, 9.17) is 23.7 Å². The van der Waals surface area contributed by atoms with E-state index < -0.39 is 51.0 Å². The molecule has 0 bridgehead atoms. The number of benzene rings is 2. The van der Waals surface area contributed by atoms with Gasteiger partial charge in [0.15, 0.2) is 18.7 Å². The quantitative estimate of drug-likeness (QED) is 0.485. The van der Waals surface area contributed by atoms with Gasteiger partial charge in [0.05, 0.1) is 12.2 Å². The Labute approximate surface area is 195 Å². The molecule has 0 aromatic heterocycles. The van der Waals surface area contributed by atoms with E-state index in [-0.39, 0.29) is 6.61 Å². The zero-order valence-electron chi connectivity index (χ0n) is 19.3. The third-order valence-electron chi connectivity index (χ3n) is 5.77. The second kappa shape index (κ2) is 10.5. The lowest BCUT2D eigenvalue weighted by Crippen LogP contribution is -2.63. The summed E-state index contributed by atoms with van der Waals surface area (Å²) in [5.74, 6) is -0.549. The highest BCUT2D eigenvalue weighted by atomic mass is 28.3. The summed E-state index contributed by atoms with van der Waals surface area (Å²) in [4.78, 5) is 12.8. The van der Waals surface area contributed by atoms with Crippen LogP contribution in [0.4, 0.5) is 0 Å². The van der Waals surface area contributed by atoms with Gasteiger partial charge in [-0.1, -0.05) is 68.2 Å². The molecule has 0 amide bonds. The standard InChI is InChI=1S/C25H32O7Si/c1-33(2,3)15-14-28-25-22(31-23(27)17-10-6-4-7-11-17)20(26)21-19(30-25)16-29-24(32-21)18-12-8-5-9-13-18/h4-13,19-22,24-26H,14-16H2,1-3H3/t19-,20+,21+,22-,24+,25-/m1/s1. The van der Waals surface area contributed by atoms with Crippen LogP contribution in [0.25, 0.3) is 0 Å². The number of rotatable bonds is 7. The lowest BCUT2D eigenvalue weighted by molar-refractivity contribution is -0.360. The van der Waals surface area contributed by atoms with Crippen LogP contribution in [0.1, 0.15) is 22.2 Å². The number of aliphatic hydroxyl groups excluding tert-OH is 1. The van der Waals surface area contributed by atoms with Crippen LogP contribution in [0.5, 0.6) is 0 Å². The molecule has 0 unspecified atom stereocenters. The zero-order valence-corrected chi connectivity index (χ0v) is 20.3. The van der Waals surface area contributed by atoms with Gasteiger partial charge in [-0.2, -0.15) is 0 Å². The zero-order chi connectivity index (χ0) is 23.4. The summed E-state index contributed by atoms with van der Waals surface area (Å²) < 4.78 is 29.8. The predicted octanol–water partition coefficient (Wildman–Crippen LogP) is 3.77. The van der Waals surface area contributed by atoms with Crippen LogP contribution < -0.4 is 0 Å². The monoisotopic (exact) mass is 472 g/mol. The van der Waals surface area contributed by atoms with Gasteiger partial charge in [-0.25, -0.2) is 4.79 Å². The molecule has 0 radical (unpaired) electrons. The number of aliphatic hydroxyl groups is 1. The highest BCUT2D eigenvalue weighted by Crippen LogP contribution is 2.35. The largest absolute Gasteiger partial charge is 0.450 e. The number of carbonyl (C=O) groups is 1. The maximum Gasteiger partial charge on any atom is 0.338 e. The molecule has 4 rings (SSSR count). The Morgan fingerprint density at radius 3 is 2.36 bits per heavy atom. The second-order valence-corrected chi connectivity index (χ2v) is 15.2. The molecule has 2 fully saturated rings. The number of ether oxygens (including phenoxy) is 5. The molecule has 2 aromatic carbocycles. The van der Waals surface area contributed by atoms with Crippen LogP contribution >= 0.6 is 0 Å². The Morgan fingerprint density at radius 1 is 1.03 bits per heavy atom. The summed E-state index contributed by atoms with van der Waals surface area (Å²) in [6.07, 6.45) is -4.98. The molecule has 178 valence electrons. The van der Waals surface area contributed by atoms with Crippen LogP contribution in [0.2, 0.25) is 25.7 Å². The summed E-state index contributed by atoms with van der Waals surface area (Å²) in [5, 5.41) is 11.2. The van der Waals surface area contributed by atoms with E-state index in [2.05, 4.69) is 19.6 Å². The van der Waals surface area contributed by atoms with E-state index in [0.29, 0.717) is 12.2 Å². The van der Waals surface area contributed by atoms with Crippen molar-refractivity contribution in [1.29, 1.82) is 0 Å². The van der Waals surface area contributed by atoms with Gasteiger partial charge in [0, 0.05) is 20.2 Å². The van der Waals surface area contributed by atoms with E-state index in [9.17, 15) is 9.90 Å². The first-order valence-corrected chi connectivity index (χ1v) is 15.1. The van der Waals surface area contributed by atoms with Crippen molar-refractivity contribution in [2.24, 2.45) is 0 Å². The average molecular weight is 473 g/mol. The van der Waals surface area contributed by atoms with E-state index in [0.717, 1.165) is 11.6 Å². The van der Waals surface area contributed by atoms with Crippen molar-refractivity contribution in [1.82, 2.24) is 0 Å². The Kier molecular flexibility index (Phi) is 7.63. The van der Waals surface area contributed by atoms with Gasteiger partial charge in [-0.3, -0.25) is 0 Å². The number of fused-ring (bicyclic) bond motifs is 1. The Balaban J connectivity index is 1.50. The highest BCUT2D eigenvalue weighted by molar-refractivity contribution is 6.76. The Bertz CT molecular complexity index is 902. The van der Waals surface area contributed by atoms with Crippen molar-refractivity contribution < 1.29 is 33.6 Å². The minimum Gasteiger partial charge on any atom is -0.450 e. The smallest absolute Gasteiger partial charge is 0.338 e. The molecule has 0 spiro atoms. The second-order valence-electron chi connectivity index (χ2n) is 9.63. The summed E-state index contributed by atoms with van der Waals surface area (Å²) in [6, 6.07) is 19.1. The molecule has 2 heterocycles. The van der Waals surface area contributed by atoms with E-state index >= 15 is 0 Å². The lowest BCUT2D eigenvalue weighted by atomic mass is 9.97. The van der Waals surface area contributed by atoms with Crippen molar-refractivity contribution in [2.45, 2.75) is 62.7 Å². The van der Waals surface area contributed by atoms with Crippen LogP contribution in [-0.2, 0) is 23.7 Å². The van der Waals surface area contributed by atoms with E-state index in [1.807, 2.05) is 36.4 Å². The maximum atomic E-state index is 12.8. The van der Waals surface area contributed by atoms with Gasteiger partial charge in [0.25, 0.3) is 0 Å². The minimum absolute atomic E-state index is 0.231. The van der Waals surface area contributed by atoms with Gasteiger partial charge >= 0.3 is 5.97 Å². The molecule has 0 aliphatic carbocycles. The fourth-order valence-electron chi connectivity index (χ4n) is 3.85. The number of hydrogen-bond acceptors (Lipinski definition) is 7. The van der Waals surface area contributed by atoms with Gasteiger partial charge in [-0.05, 0) is 18.2 Å². The topological polar surface area (TPSA) is 83.5 Å². The molecule has 2 aliphatic heterocycles. The van der Waals surface area contributed by atoms with Crippen LogP contribution in [0.3, 0.4) is 0 Å². The Hall–Kier alpha value is -2.07. The molecule has 6 atom stereocenters. The average Bonchev–Trinajstić information content (AvgIpc) is 2.81. The molecule has 1 N–H and O–H groups in total. The van der Waals surface area contributed by atoms with Crippen LogP contribution in [0, 0.1) is 0 Å². The van der Waals surface area contributed by atoms with Crippen molar-refractivity contribution in [2.75, 3.05) is 13.2 Å². The Morgan fingerprint density at radius 2 is 1.70 bits per heavy atom. The summed E-state index contributed by atoms with van der Waals surface area (Å²) in [5.41, 5.74) is 1.23. The van der Waals surface area contributed by atoms with Gasteiger partial charge in [-0.15, -0.1) is 0 Å². The van der Waals surface area contributed by atoms with E-state index in [1.54, 1.807) is 24.3 Å². The lowest BCUT2D eigenvalue weighted by Gasteiger charge is -2.47. The summed E-state index contributed by atoms with van der Waals surface area (Å²) >= 11 is 0. The van der Waals surface area contributed by atoms with Gasteiger partial charge in [0.1, 0.15) is 18.3 Å². The molecule has 8 heteroatoms. The minimum atomic E-state index is -1.35. The third-order valence-corrected chi connectivity index (χ3v) is 7.47. The highest BCUT2D eigenvalue weighted by Gasteiger charge is 2.51. The number of hydrogen-bond donors (Lipinski definition) is 1. The maximum absolute atomic E-state index is 12.8. The summed E-state index contributed by atoms with van der Waals surface area (Å²) in [7, 11) is -1.35.